The highest BCUT2D eigenvalue weighted by molar-refractivity contribution is 7.86. The highest BCUT2D eigenvalue weighted by Crippen LogP contribution is 2.29. The summed E-state index contributed by atoms with van der Waals surface area (Å²) >= 11 is 0. The average molecular weight is 158 g/mol. The Balaban J connectivity index is 2.81. The Hall–Kier alpha value is -0.230. The Kier molecular flexibility index (Phi) is 1.25. The molecule has 0 spiro atoms. The molecule has 1 aliphatic rings. The van der Waals surface area contributed by atoms with Crippen molar-refractivity contribution in [3.8, 4) is 0 Å². The summed E-state index contributed by atoms with van der Waals surface area (Å²) in [4.78, 5) is 0. The number of alkyl halides is 2. The van der Waals surface area contributed by atoms with Crippen LogP contribution >= 0.6 is 0 Å². The van der Waals surface area contributed by atoms with Crippen LogP contribution in [0.25, 0.3) is 0 Å². The lowest BCUT2D eigenvalue weighted by molar-refractivity contribution is -0.159. The molecule has 0 radical (unpaired) electrons. The van der Waals surface area contributed by atoms with Gasteiger partial charge in [-0.25, -0.2) is 4.18 Å². The molecule has 0 atom stereocenters. The van der Waals surface area contributed by atoms with Crippen molar-refractivity contribution in [3.63, 3.8) is 0 Å². The van der Waals surface area contributed by atoms with Crippen LogP contribution in [-0.4, -0.2) is 20.3 Å². The third-order valence-corrected chi connectivity index (χ3v) is 2.09. The van der Waals surface area contributed by atoms with Gasteiger partial charge in [0.1, 0.15) is 0 Å². The molecule has 1 aliphatic heterocycles. The van der Waals surface area contributed by atoms with Crippen molar-refractivity contribution in [3.05, 3.63) is 0 Å². The van der Waals surface area contributed by atoms with Crippen LogP contribution in [0.3, 0.4) is 0 Å². The van der Waals surface area contributed by atoms with E-state index >= 15 is 0 Å². The zero-order chi connectivity index (χ0) is 7.12. The fraction of sp³-hybridized carbons (Fsp3) is 1.00. The number of hydrogen-bond acceptors (Lipinski definition) is 3. The van der Waals surface area contributed by atoms with Gasteiger partial charge in [0, 0.05) is 0 Å². The summed E-state index contributed by atoms with van der Waals surface area (Å²) < 4.78 is 47.3. The van der Waals surface area contributed by atoms with E-state index in [0.29, 0.717) is 0 Å². The molecule has 0 N–H and O–H groups in total. The van der Waals surface area contributed by atoms with E-state index in [4.69, 9.17) is 0 Å². The van der Waals surface area contributed by atoms with Crippen molar-refractivity contribution < 1.29 is 21.4 Å². The van der Waals surface area contributed by atoms with Crippen molar-refractivity contribution in [1.29, 1.82) is 0 Å². The maximum absolute atomic E-state index is 11.8. The van der Waals surface area contributed by atoms with E-state index in [1.165, 1.54) is 0 Å². The number of halogens is 2. The molecule has 9 heavy (non-hydrogen) atoms. The molecule has 1 saturated heterocycles. The van der Waals surface area contributed by atoms with Crippen molar-refractivity contribution in [2.75, 3.05) is 5.75 Å². The minimum atomic E-state index is -3.90. The minimum Gasteiger partial charge on any atom is -0.200 e. The van der Waals surface area contributed by atoms with E-state index in [-0.39, 0.29) is 0 Å². The van der Waals surface area contributed by atoms with Gasteiger partial charge >= 0.3 is 6.11 Å². The second-order valence-corrected chi connectivity index (χ2v) is 3.42. The van der Waals surface area contributed by atoms with Gasteiger partial charge in [-0.2, -0.15) is 17.2 Å². The summed E-state index contributed by atoms with van der Waals surface area (Å²) in [6.07, 6.45) is -4.19. The first-order valence-electron chi connectivity index (χ1n) is 2.22. The van der Waals surface area contributed by atoms with Crippen LogP contribution in [0, 0.1) is 0 Å². The monoisotopic (exact) mass is 158 g/mol. The topological polar surface area (TPSA) is 43.4 Å². The van der Waals surface area contributed by atoms with Gasteiger partial charge in [0.25, 0.3) is 10.1 Å². The Morgan fingerprint density at radius 3 is 2.11 bits per heavy atom. The summed E-state index contributed by atoms with van der Waals surface area (Å²) in [7, 11) is -3.90. The highest BCUT2D eigenvalue weighted by atomic mass is 32.2. The molecule has 0 aromatic heterocycles. The lowest BCUT2D eigenvalue weighted by atomic mass is 10.5. The van der Waals surface area contributed by atoms with E-state index in [1.54, 1.807) is 0 Å². The standard InChI is InChI=1S/C3H4F2O3S/c4-3(5)1-2-9(6,7)8-3/h1-2H2. The molecular weight excluding hydrogens is 154 g/mol. The fourth-order valence-corrected chi connectivity index (χ4v) is 1.54. The smallest absolute Gasteiger partial charge is 0.200 e. The summed E-state index contributed by atoms with van der Waals surface area (Å²) in [5.74, 6) is -0.583. The lowest BCUT2D eigenvalue weighted by Crippen LogP contribution is -2.13. The molecule has 0 aromatic carbocycles. The highest BCUT2D eigenvalue weighted by Gasteiger charge is 2.44. The second-order valence-electron chi connectivity index (χ2n) is 1.73. The minimum absolute atomic E-state index is 0.583. The van der Waals surface area contributed by atoms with Crippen LogP contribution in [0.4, 0.5) is 8.78 Å². The molecule has 3 nitrogen and oxygen atoms in total. The quantitative estimate of drug-likeness (QED) is 0.477. The van der Waals surface area contributed by atoms with E-state index < -0.39 is 28.4 Å². The Morgan fingerprint density at radius 2 is 2.00 bits per heavy atom. The van der Waals surface area contributed by atoms with Crippen LogP contribution in [0.15, 0.2) is 0 Å². The SMILES string of the molecule is O=S1(=O)CCC(F)(F)O1. The zero-order valence-corrected chi connectivity index (χ0v) is 5.12. The number of rotatable bonds is 0. The van der Waals surface area contributed by atoms with Crippen LogP contribution in [0.2, 0.25) is 0 Å². The molecule has 0 amide bonds. The molecule has 1 rings (SSSR count). The van der Waals surface area contributed by atoms with Crippen molar-refractivity contribution in [2.24, 2.45) is 0 Å². The van der Waals surface area contributed by atoms with Gasteiger partial charge in [-0.15, -0.1) is 0 Å². The van der Waals surface area contributed by atoms with E-state index in [2.05, 4.69) is 4.18 Å². The maximum atomic E-state index is 11.8. The third-order valence-electron chi connectivity index (χ3n) is 0.892. The Labute approximate surface area is 50.7 Å². The van der Waals surface area contributed by atoms with Gasteiger partial charge in [0.05, 0.1) is 12.2 Å². The molecule has 0 aliphatic carbocycles. The summed E-state index contributed by atoms with van der Waals surface area (Å²) in [6, 6.07) is 0. The van der Waals surface area contributed by atoms with Crippen LogP contribution < -0.4 is 0 Å². The molecule has 0 bridgehead atoms. The van der Waals surface area contributed by atoms with Gasteiger partial charge in [-0.3, -0.25) is 0 Å². The van der Waals surface area contributed by atoms with Crippen molar-refractivity contribution in [2.45, 2.75) is 12.5 Å². The summed E-state index contributed by atoms with van der Waals surface area (Å²) in [5, 5.41) is 0. The third kappa shape index (κ3) is 1.59. The zero-order valence-electron chi connectivity index (χ0n) is 4.30. The van der Waals surface area contributed by atoms with Crippen molar-refractivity contribution in [1.82, 2.24) is 0 Å². The first-order chi connectivity index (χ1) is 3.91. The molecular formula is C3H4F2O3S. The van der Waals surface area contributed by atoms with Crippen LogP contribution in [0.5, 0.6) is 0 Å². The first-order valence-corrected chi connectivity index (χ1v) is 3.80. The predicted molar refractivity (Wildman–Crippen MR) is 24.4 cm³/mol. The number of hydrogen-bond donors (Lipinski definition) is 0. The summed E-state index contributed by atoms with van der Waals surface area (Å²) in [5.41, 5.74) is 0. The second kappa shape index (κ2) is 1.63. The van der Waals surface area contributed by atoms with Gasteiger partial charge in [-0.1, -0.05) is 0 Å². The predicted octanol–water partition coefficient (Wildman–Crippen LogP) is 0.329. The molecule has 0 saturated carbocycles. The largest absolute Gasteiger partial charge is 0.370 e. The van der Waals surface area contributed by atoms with E-state index in [0.717, 1.165) is 0 Å². The van der Waals surface area contributed by atoms with Gasteiger partial charge in [0.15, 0.2) is 0 Å². The van der Waals surface area contributed by atoms with Crippen LogP contribution in [-0.2, 0) is 14.3 Å². The van der Waals surface area contributed by atoms with E-state index in [1.807, 2.05) is 0 Å². The lowest BCUT2D eigenvalue weighted by Gasteiger charge is -2.01. The molecule has 1 fully saturated rings. The fourth-order valence-electron chi connectivity index (χ4n) is 0.513. The van der Waals surface area contributed by atoms with Crippen LogP contribution in [0.1, 0.15) is 6.42 Å². The average Bonchev–Trinajstić information content (AvgIpc) is 1.78. The van der Waals surface area contributed by atoms with Crippen molar-refractivity contribution >= 4 is 10.1 Å². The normalized spacial score (nSPS) is 30.4. The van der Waals surface area contributed by atoms with Gasteiger partial charge < -0.3 is 0 Å². The van der Waals surface area contributed by atoms with Gasteiger partial charge in [-0.05, 0) is 0 Å². The van der Waals surface area contributed by atoms with E-state index in [9.17, 15) is 17.2 Å². The summed E-state index contributed by atoms with van der Waals surface area (Å²) in [6.45, 7) is 0. The Bertz CT molecular complexity index is 207. The maximum Gasteiger partial charge on any atom is 0.370 e. The Morgan fingerprint density at radius 1 is 1.44 bits per heavy atom. The molecule has 1 heterocycles. The van der Waals surface area contributed by atoms with Gasteiger partial charge in [0.2, 0.25) is 0 Å². The molecule has 0 unspecified atom stereocenters. The first kappa shape index (κ1) is 6.88. The molecule has 6 heteroatoms. The molecule has 0 aromatic rings. The molecule has 54 valence electrons.